The molecule has 2 atom stereocenters. The number of nitrogens with zero attached hydrogens (tertiary/aromatic N) is 1. The molecule has 1 aromatic heterocycles. The number of carboxylic acid groups (broad SMARTS) is 1. The van der Waals surface area contributed by atoms with Crippen LogP contribution in [0.25, 0.3) is 0 Å². The first-order valence-electron chi connectivity index (χ1n) is 5.63. The maximum atomic E-state index is 10.6. The van der Waals surface area contributed by atoms with Crippen LogP contribution < -0.4 is 0 Å². The molecular formula is C12H15NO3S. The molecule has 1 aliphatic rings. The van der Waals surface area contributed by atoms with Gasteiger partial charge in [-0.2, -0.15) is 0 Å². The van der Waals surface area contributed by atoms with Crippen molar-refractivity contribution in [3.63, 3.8) is 0 Å². The second-order valence-electron chi connectivity index (χ2n) is 4.15. The number of rotatable bonds is 4. The van der Waals surface area contributed by atoms with Crippen LogP contribution in [0.15, 0.2) is 23.4 Å². The van der Waals surface area contributed by atoms with Crippen molar-refractivity contribution in [1.82, 2.24) is 4.98 Å². The molecule has 0 aliphatic carbocycles. The summed E-state index contributed by atoms with van der Waals surface area (Å²) in [5.74, 6) is -0.0639. The highest BCUT2D eigenvalue weighted by Gasteiger charge is 2.21. The number of ether oxygens (including phenoxy) is 1. The van der Waals surface area contributed by atoms with E-state index in [9.17, 15) is 4.79 Å². The van der Waals surface area contributed by atoms with Gasteiger partial charge in [0.1, 0.15) is 0 Å². The van der Waals surface area contributed by atoms with Crippen molar-refractivity contribution >= 4 is 17.7 Å². The number of hydrogen-bond acceptors (Lipinski definition) is 4. The molecule has 2 heterocycles. The second-order valence-corrected chi connectivity index (χ2v) is 5.19. The van der Waals surface area contributed by atoms with Crippen LogP contribution in [-0.2, 0) is 4.74 Å². The minimum atomic E-state index is -0.943. The zero-order valence-corrected chi connectivity index (χ0v) is 10.4. The Kier molecular flexibility index (Phi) is 4.02. The Labute approximate surface area is 104 Å². The summed E-state index contributed by atoms with van der Waals surface area (Å²) in [6.07, 6.45) is 4.28. The minimum absolute atomic E-state index is 0.222. The monoisotopic (exact) mass is 253 g/mol. The van der Waals surface area contributed by atoms with Gasteiger partial charge in [0.2, 0.25) is 0 Å². The number of carboxylic acids is 1. The van der Waals surface area contributed by atoms with Gasteiger partial charge in [-0.25, -0.2) is 9.78 Å². The molecule has 1 N–H and O–H groups in total. The Balaban J connectivity index is 1.85. The molecule has 5 heteroatoms. The molecule has 1 aromatic rings. The Morgan fingerprint density at radius 2 is 2.41 bits per heavy atom. The zero-order chi connectivity index (χ0) is 12.3. The molecule has 17 heavy (non-hydrogen) atoms. The SMILES string of the molecule is CC1CCC(CSc2ccc(C(=O)O)cn2)O1. The lowest BCUT2D eigenvalue weighted by Crippen LogP contribution is -2.10. The third-order valence-electron chi connectivity index (χ3n) is 2.72. The summed E-state index contributed by atoms with van der Waals surface area (Å²) in [4.78, 5) is 14.8. The molecule has 0 bridgehead atoms. The first-order chi connectivity index (χ1) is 8.15. The third-order valence-corrected chi connectivity index (χ3v) is 3.80. The highest BCUT2D eigenvalue weighted by molar-refractivity contribution is 7.99. The van der Waals surface area contributed by atoms with Crippen LogP contribution in [0.3, 0.4) is 0 Å². The zero-order valence-electron chi connectivity index (χ0n) is 9.63. The molecule has 1 saturated heterocycles. The van der Waals surface area contributed by atoms with Crippen LogP contribution in [-0.4, -0.2) is 34.0 Å². The fourth-order valence-electron chi connectivity index (χ4n) is 1.78. The molecule has 1 aliphatic heterocycles. The van der Waals surface area contributed by atoms with Crippen molar-refractivity contribution in [2.45, 2.75) is 37.0 Å². The first kappa shape index (κ1) is 12.4. The van der Waals surface area contributed by atoms with E-state index in [4.69, 9.17) is 9.84 Å². The molecule has 0 radical (unpaired) electrons. The predicted octanol–water partition coefficient (Wildman–Crippen LogP) is 2.44. The van der Waals surface area contributed by atoms with E-state index in [1.807, 2.05) is 0 Å². The molecule has 2 unspecified atom stereocenters. The van der Waals surface area contributed by atoms with Crippen molar-refractivity contribution in [3.8, 4) is 0 Å². The fourth-order valence-corrected chi connectivity index (χ4v) is 2.67. The quantitative estimate of drug-likeness (QED) is 0.835. The van der Waals surface area contributed by atoms with Gasteiger partial charge >= 0.3 is 5.97 Å². The standard InChI is InChI=1S/C12H15NO3S/c1-8-2-4-10(16-8)7-17-11-5-3-9(6-13-11)12(14)15/h3,5-6,8,10H,2,4,7H2,1H3,(H,14,15). The summed E-state index contributed by atoms with van der Waals surface area (Å²) < 4.78 is 5.70. The molecule has 0 saturated carbocycles. The number of aromatic carboxylic acids is 1. The smallest absolute Gasteiger partial charge is 0.337 e. The molecule has 0 aromatic carbocycles. The van der Waals surface area contributed by atoms with Crippen LogP contribution in [0, 0.1) is 0 Å². The van der Waals surface area contributed by atoms with Crippen molar-refractivity contribution in [2.24, 2.45) is 0 Å². The predicted molar refractivity (Wildman–Crippen MR) is 65.5 cm³/mol. The largest absolute Gasteiger partial charge is 0.478 e. The highest BCUT2D eigenvalue weighted by atomic mass is 32.2. The van der Waals surface area contributed by atoms with Crippen LogP contribution in [0.2, 0.25) is 0 Å². The molecular weight excluding hydrogens is 238 g/mol. The van der Waals surface area contributed by atoms with Crippen LogP contribution in [0.1, 0.15) is 30.1 Å². The van der Waals surface area contributed by atoms with Crippen molar-refractivity contribution in [3.05, 3.63) is 23.9 Å². The summed E-state index contributed by atoms with van der Waals surface area (Å²) in [6.45, 7) is 2.09. The highest BCUT2D eigenvalue weighted by Crippen LogP contribution is 2.25. The summed E-state index contributed by atoms with van der Waals surface area (Å²) in [5, 5.41) is 9.59. The average molecular weight is 253 g/mol. The van der Waals surface area contributed by atoms with Crippen molar-refractivity contribution in [1.29, 1.82) is 0 Å². The Bertz CT molecular complexity index is 393. The Morgan fingerprint density at radius 3 is 2.94 bits per heavy atom. The van der Waals surface area contributed by atoms with Crippen molar-refractivity contribution in [2.75, 3.05) is 5.75 Å². The van der Waals surface area contributed by atoms with Gasteiger partial charge in [-0.05, 0) is 31.9 Å². The minimum Gasteiger partial charge on any atom is -0.478 e. The lowest BCUT2D eigenvalue weighted by molar-refractivity contribution is 0.0691. The molecule has 0 amide bonds. The summed E-state index contributed by atoms with van der Waals surface area (Å²) in [6, 6.07) is 3.32. The lowest BCUT2D eigenvalue weighted by atomic mass is 10.2. The number of carbonyl (C=O) groups is 1. The number of aromatic nitrogens is 1. The average Bonchev–Trinajstić information content (AvgIpc) is 2.73. The number of hydrogen-bond donors (Lipinski definition) is 1. The van der Waals surface area contributed by atoms with E-state index in [2.05, 4.69) is 11.9 Å². The van der Waals surface area contributed by atoms with Crippen LogP contribution >= 0.6 is 11.8 Å². The number of pyridine rings is 1. The first-order valence-corrected chi connectivity index (χ1v) is 6.61. The van der Waals surface area contributed by atoms with E-state index >= 15 is 0 Å². The Hall–Kier alpha value is -1.07. The Morgan fingerprint density at radius 1 is 1.59 bits per heavy atom. The van der Waals surface area contributed by atoms with Gasteiger partial charge in [0, 0.05) is 11.9 Å². The maximum absolute atomic E-state index is 10.6. The van der Waals surface area contributed by atoms with Gasteiger partial charge in [0.05, 0.1) is 22.8 Å². The van der Waals surface area contributed by atoms with Gasteiger partial charge < -0.3 is 9.84 Å². The molecule has 0 spiro atoms. The third kappa shape index (κ3) is 3.44. The summed E-state index contributed by atoms with van der Waals surface area (Å²) in [7, 11) is 0. The summed E-state index contributed by atoms with van der Waals surface area (Å²) >= 11 is 1.61. The van der Waals surface area contributed by atoms with E-state index in [0.29, 0.717) is 12.2 Å². The van der Waals surface area contributed by atoms with Gasteiger partial charge in [0.25, 0.3) is 0 Å². The van der Waals surface area contributed by atoms with Crippen molar-refractivity contribution < 1.29 is 14.6 Å². The fraction of sp³-hybridized carbons (Fsp3) is 0.500. The summed E-state index contributed by atoms with van der Waals surface area (Å²) in [5.41, 5.74) is 0.222. The van der Waals surface area contributed by atoms with E-state index in [1.54, 1.807) is 23.9 Å². The van der Waals surface area contributed by atoms with E-state index in [-0.39, 0.29) is 5.56 Å². The normalized spacial score (nSPS) is 23.8. The van der Waals surface area contributed by atoms with Gasteiger partial charge in [0.15, 0.2) is 0 Å². The van der Waals surface area contributed by atoms with Gasteiger partial charge in [-0.3, -0.25) is 0 Å². The van der Waals surface area contributed by atoms with Gasteiger partial charge in [-0.1, -0.05) is 0 Å². The topological polar surface area (TPSA) is 59.4 Å². The maximum Gasteiger partial charge on any atom is 0.337 e. The lowest BCUT2D eigenvalue weighted by Gasteiger charge is -2.09. The molecule has 1 fully saturated rings. The van der Waals surface area contributed by atoms with Crippen LogP contribution in [0.5, 0.6) is 0 Å². The second kappa shape index (κ2) is 5.51. The van der Waals surface area contributed by atoms with E-state index in [1.165, 1.54) is 6.20 Å². The van der Waals surface area contributed by atoms with Gasteiger partial charge in [-0.15, -0.1) is 11.8 Å². The van der Waals surface area contributed by atoms with E-state index < -0.39 is 5.97 Å². The number of thioether (sulfide) groups is 1. The van der Waals surface area contributed by atoms with Crippen LogP contribution in [0.4, 0.5) is 0 Å². The van der Waals surface area contributed by atoms with E-state index in [0.717, 1.165) is 23.6 Å². The molecule has 4 nitrogen and oxygen atoms in total. The molecule has 92 valence electrons. The molecule has 2 rings (SSSR count).